The lowest BCUT2D eigenvalue weighted by Crippen LogP contribution is -2.54. The van der Waals surface area contributed by atoms with Gasteiger partial charge in [-0.15, -0.1) is 0 Å². The van der Waals surface area contributed by atoms with Crippen LogP contribution in [0.3, 0.4) is 0 Å². The molecule has 2 fully saturated rings. The van der Waals surface area contributed by atoms with E-state index in [1.165, 1.54) is 5.69 Å². The average molecular weight is 496 g/mol. The Labute approximate surface area is 200 Å². The highest BCUT2D eigenvalue weighted by Crippen LogP contribution is 2.47. The lowest BCUT2D eigenvalue weighted by atomic mass is 9.89. The molecule has 3 aliphatic heterocycles. The third-order valence-electron chi connectivity index (χ3n) is 6.55. The van der Waals surface area contributed by atoms with E-state index in [4.69, 9.17) is 19.4 Å². The van der Waals surface area contributed by atoms with Gasteiger partial charge in [0.05, 0.1) is 18.0 Å². The number of aromatic nitrogens is 2. The van der Waals surface area contributed by atoms with Gasteiger partial charge in [-0.2, -0.15) is 13.2 Å². The number of hydrogen-bond acceptors (Lipinski definition) is 6. The number of rotatable bonds is 4. The predicted molar refractivity (Wildman–Crippen MR) is 118 cm³/mol. The average Bonchev–Trinajstić information content (AvgIpc) is 3.60. The van der Waals surface area contributed by atoms with Crippen LogP contribution in [-0.4, -0.2) is 83.7 Å². The van der Waals surface area contributed by atoms with Gasteiger partial charge in [0.25, 0.3) is 5.91 Å². The molecule has 12 heteroatoms. The molecule has 2 atom stereocenters. The summed E-state index contributed by atoms with van der Waals surface area (Å²) in [6.45, 7) is 3.47. The van der Waals surface area contributed by atoms with Crippen molar-refractivity contribution in [2.75, 3.05) is 44.9 Å². The van der Waals surface area contributed by atoms with Gasteiger partial charge >= 0.3 is 12.1 Å². The van der Waals surface area contributed by atoms with E-state index in [2.05, 4.69) is 38.8 Å². The van der Waals surface area contributed by atoms with Crippen molar-refractivity contribution in [3.8, 4) is 5.82 Å². The number of halogens is 3. The van der Waals surface area contributed by atoms with Gasteiger partial charge in [-0.1, -0.05) is 0 Å². The molecule has 5 rings (SSSR count). The van der Waals surface area contributed by atoms with Crippen LogP contribution in [0.25, 0.3) is 5.82 Å². The molecule has 3 aliphatic rings. The summed E-state index contributed by atoms with van der Waals surface area (Å²) < 4.78 is 45.0. The van der Waals surface area contributed by atoms with Gasteiger partial charge in [0.1, 0.15) is 11.6 Å². The Bertz CT molecular complexity index is 1070. The van der Waals surface area contributed by atoms with Crippen LogP contribution in [-0.2, 0) is 24.6 Å². The van der Waals surface area contributed by atoms with Crippen molar-refractivity contribution in [2.24, 2.45) is 0 Å². The molecule has 0 saturated carbocycles. The molecule has 35 heavy (non-hydrogen) atoms. The Balaban J connectivity index is 0.000000364. The van der Waals surface area contributed by atoms with Crippen LogP contribution < -0.4 is 4.90 Å². The minimum atomic E-state index is -5.08. The van der Waals surface area contributed by atoms with Crippen molar-refractivity contribution in [1.29, 1.82) is 0 Å². The highest BCUT2D eigenvalue weighted by Gasteiger charge is 2.51. The van der Waals surface area contributed by atoms with Gasteiger partial charge in [0.15, 0.2) is 5.82 Å². The van der Waals surface area contributed by atoms with Crippen LogP contribution in [0.4, 0.5) is 18.9 Å². The number of carboxylic acid groups (broad SMARTS) is 1. The maximum atomic E-state index is 13.0. The van der Waals surface area contributed by atoms with Crippen molar-refractivity contribution in [2.45, 2.75) is 37.1 Å². The molecule has 5 heterocycles. The summed E-state index contributed by atoms with van der Waals surface area (Å²) in [5.41, 5.74) is 2.01. The maximum absolute atomic E-state index is 13.0. The van der Waals surface area contributed by atoms with Crippen LogP contribution in [0.15, 0.2) is 36.7 Å². The summed E-state index contributed by atoms with van der Waals surface area (Å²) in [7, 11) is 1.73. The fraction of sp³-hybridized carbons (Fsp3) is 0.522. The quantitative estimate of drug-likeness (QED) is 0.695. The van der Waals surface area contributed by atoms with Gasteiger partial charge in [-0.25, -0.2) is 9.78 Å². The molecule has 1 unspecified atom stereocenters. The van der Waals surface area contributed by atoms with E-state index in [9.17, 15) is 18.0 Å². The molecular weight excluding hydrogens is 469 g/mol. The second-order valence-electron chi connectivity index (χ2n) is 8.60. The van der Waals surface area contributed by atoms with E-state index in [0.717, 1.165) is 43.9 Å². The molecule has 190 valence electrons. The molecule has 1 spiro atoms. The Morgan fingerprint density at radius 2 is 2.09 bits per heavy atom. The van der Waals surface area contributed by atoms with Gasteiger partial charge in [0.2, 0.25) is 0 Å². The molecule has 2 aromatic heterocycles. The molecular formula is C23H27F3N4O5. The molecule has 9 nitrogen and oxygen atoms in total. The van der Waals surface area contributed by atoms with E-state index in [0.29, 0.717) is 19.8 Å². The van der Waals surface area contributed by atoms with Crippen molar-refractivity contribution < 1.29 is 37.3 Å². The number of methoxy groups -OCH3 is 1. The van der Waals surface area contributed by atoms with Crippen LogP contribution >= 0.6 is 0 Å². The van der Waals surface area contributed by atoms with Crippen LogP contribution in [0.5, 0.6) is 0 Å². The minimum Gasteiger partial charge on any atom is -0.475 e. The predicted octanol–water partition coefficient (Wildman–Crippen LogP) is 2.58. The number of carbonyl (C=O) groups is 2. The number of anilines is 1. The first-order valence-electron chi connectivity index (χ1n) is 11.3. The third kappa shape index (κ3) is 4.72. The number of alkyl halides is 3. The number of carboxylic acids is 1. The molecule has 2 saturated heterocycles. The van der Waals surface area contributed by atoms with Crippen LogP contribution in [0, 0.1) is 0 Å². The highest BCUT2D eigenvalue weighted by atomic mass is 19.4. The number of hydrogen-bond donors (Lipinski definition) is 1. The van der Waals surface area contributed by atoms with E-state index in [1.54, 1.807) is 7.11 Å². The number of aliphatic carboxylic acids is 1. The van der Waals surface area contributed by atoms with Crippen LogP contribution in [0.1, 0.15) is 25.0 Å². The summed E-state index contributed by atoms with van der Waals surface area (Å²) in [5, 5.41) is 7.12. The molecule has 0 bridgehead atoms. The SMILES string of the molecule is COCCN1c2cccnc2-n2cccc2C12CCN(C(=O)[C@H]1CCCO1)C2.O=C(O)C(F)(F)F. The van der Waals surface area contributed by atoms with Crippen molar-refractivity contribution >= 4 is 17.6 Å². The Morgan fingerprint density at radius 3 is 2.74 bits per heavy atom. The second-order valence-corrected chi connectivity index (χ2v) is 8.60. The number of carbonyl (C=O) groups excluding carboxylic acids is 1. The zero-order valence-corrected chi connectivity index (χ0v) is 19.2. The monoisotopic (exact) mass is 496 g/mol. The van der Waals surface area contributed by atoms with Gasteiger partial charge < -0.3 is 28.9 Å². The normalized spacial score (nSPS) is 23.0. The van der Waals surface area contributed by atoms with Crippen molar-refractivity contribution in [3.05, 3.63) is 42.4 Å². The Morgan fingerprint density at radius 1 is 1.31 bits per heavy atom. The Hall–Kier alpha value is -3.12. The highest BCUT2D eigenvalue weighted by molar-refractivity contribution is 5.82. The fourth-order valence-corrected chi connectivity index (χ4v) is 5.00. The van der Waals surface area contributed by atoms with Crippen molar-refractivity contribution in [3.63, 3.8) is 0 Å². The molecule has 0 aromatic carbocycles. The van der Waals surface area contributed by atoms with E-state index < -0.39 is 12.1 Å². The first-order chi connectivity index (χ1) is 16.7. The van der Waals surface area contributed by atoms with Crippen molar-refractivity contribution in [1.82, 2.24) is 14.5 Å². The number of nitrogens with zero attached hydrogens (tertiary/aromatic N) is 4. The number of likely N-dealkylation sites (tertiary alicyclic amines) is 1. The second kappa shape index (κ2) is 9.86. The smallest absolute Gasteiger partial charge is 0.475 e. The summed E-state index contributed by atoms with van der Waals surface area (Å²) in [6, 6.07) is 8.33. The van der Waals surface area contributed by atoms with E-state index >= 15 is 0 Å². The topological polar surface area (TPSA) is 97.1 Å². The first kappa shape index (κ1) is 25.0. The zero-order valence-electron chi connectivity index (χ0n) is 19.2. The molecule has 0 aliphatic carbocycles. The number of fused-ring (bicyclic) bond motifs is 4. The minimum absolute atomic E-state index is 0.135. The van der Waals surface area contributed by atoms with E-state index in [-0.39, 0.29) is 17.6 Å². The van der Waals surface area contributed by atoms with Gasteiger partial charge in [0, 0.05) is 45.7 Å². The summed E-state index contributed by atoms with van der Waals surface area (Å²) in [5.74, 6) is -1.68. The van der Waals surface area contributed by atoms with E-state index in [1.807, 2.05) is 17.2 Å². The maximum Gasteiger partial charge on any atom is 0.490 e. The molecule has 1 N–H and O–H groups in total. The van der Waals surface area contributed by atoms with Gasteiger partial charge in [-0.3, -0.25) is 4.79 Å². The first-order valence-corrected chi connectivity index (χ1v) is 11.3. The summed E-state index contributed by atoms with van der Waals surface area (Å²) in [4.78, 5) is 31.0. The van der Waals surface area contributed by atoms with Gasteiger partial charge in [-0.05, 0) is 43.5 Å². The number of pyridine rings is 1. The zero-order chi connectivity index (χ0) is 25.2. The number of amides is 1. The lowest BCUT2D eigenvalue weighted by Gasteiger charge is -2.47. The third-order valence-corrected chi connectivity index (χ3v) is 6.55. The standard InChI is InChI=1S/C21H26N4O3.C2HF3O2/c1-27-14-12-25-16-5-2-9-22-19(16)24-10-3-7-18(24)21(25)8-11-23(15-21)20(26)17-6-4-13-28-17;3-2(4,5)1(6)7/h2-3,5,7,9-10,17H,4,6,8,11-15H2,1H3;(H,6,7)/t17-,21?;/m1./s1. The Kier molecular flexibility index (Phi) is 7.04. The summed E-state index contributed by atoms with van der Waals surface area (Å²) in [6.07, 6.45) is 1.23. The summed E-state index contributed by atoms with van der Waals surface area (Å²) >= 11 is 0. The molecule has 0 radical (unpaired) electrons. The lowest BCUT2D eigenvalue weighted by molar-refractivity contribution is -0.192. The number of ether oxygens (including phenoxy) is 2. The fourth-order valence-electron chi connectivity index (χ4n) is 5.00. The largest absolute Gasteiger partial charge is 0.490 e. The molecule has 1 amide bonds. The van der Waals surface area contributed by atoms with Crippen LogP contribution in [0.2, 0.25) is 0 Å². The molecule has 2 aromatic rings.